The minimum Gasteiger partial charge on any atom is -0.392 e. The average molecular weight is 286 g/mol. The second kappa shape index (κ2) is 6.90. The second-order valence-electron chi connectivity index (χ2n) is 6.37. The Kier molecular flexibility index (Phi) is 5.18. The highest BCUT2D eigenvalue weighted by Crippen LogP contribution is 2.23. The molecule has 0 atom stereocenters. The van der Waals surface area contributed by atoms with Gasteiger partial charge in [0.25, 0.3) is 0 Å². The smallest absolute Gasteiger partial charge is 0.127 e. The van der Waals surface area contributed by atoms with Crippen molar-refractivity contribution in [1.82, 2.24) is 4.98 Å². The lowest BCUT2D eigenvalue weighted by molar-refractivity contribution is 0.283. The number of para-hydroxylation sites is 1. The van der Waals surface area contributed by atoms with E-state index in [-0.39, 0.29) is 6.61 Å². The monoisotopic (exact) mass is 286 g/mol. The number of anilines is 1. The third-order valence-electron chi connectivity index (χ3n) is 4.20. The maximum Gasteiger partial charge on any atom is 0.127 e. The van der Waals surface area contributed by atoms with Gasteiger partial charge >= 0.3 is 0 Å². The fourth-order valence-electron chi connectivity index (χ4n) is 2.93. The maximum absolute atomic E-state index is 9.56. The number of aliphatic hydroxyl groups is 1. The van der Waals surface area contributed by atoms with Crippen molar-refractivity contribution >= 4 is 16.7 Å². The molecule has 0 fully saturated rings. The van der Waals surface area contributed by atoms with Crippen molar-refractivity contribution in [2.75, 3.05) is 11.9 Å². The molecule has 0 radical (unpaired) electrons. The van der Waals surface area contributed by atoms with E-state index in [9.17, 15) is 5.11 Å². The SMILES string of the molecule is CC(C)C(CNc1cc(CO)c2ccccc2n1)C(C)C. The third-order valence-corrected chi connectivity index (χ3v) is 4.20. The number of nitrogens with one attached hydrogen (secondary N) is 1. The largest absolute Gasteiger partial charge is 0.392 e. The lowest BCUT2D eigenvalue weighted by Crippen LogP contribution is -2.24. The Labute approximate surface area is 127 Å². The van der Waals surface area contributed by atoms with Crippen LogP contribution in [0.1, 0.15) is 33.3 Å². The molecule has 0 saturated carbocycles. The lowest BCUT2D eigenvalue weighted by Gasteiger charge is -2.25. The fraction of sp³-hybridized carbons (Fsp3) is 0.500. The molecule has 3 nitrogen and oxygen atoms in total. The molecule has 2 N–H and O–H groups in total. The molecule has 0 aliphatic carbocycles. The summed E-state index contributed by atoms with van der Waals surface area (Å²) in [5.41, 5.74) is 1.85. The number of benzene rings is 1. The van der Waals surface area contributed by atoms with Crippen molar-refractivity contribution in [3.8, 4) is 0 Å². The van der Waals surface area contributed by atoms with Crippen LogP contribution in [0.4, 0.5) is 5.82 Å². The van der Waals surface area contributed by atoms with Crippen LogP contribution in [0, 0.1) is 17.8 Å². The summed E-state index contributed by atoms with van der Waals surface area (Å²) in [4.78, 5) is 4.65. The van der Waals surface area contributed by atoms with Crippen LogP contribution in [0.5, 0.6) is 0 Å². The van der Waals surface area contributed by atoms with Gasteiger partial charge in [-0.15, -0.1) is 0 Å². The van der Waals surface area contributed by atoms with E-state index in [4.69, 9.17) is 0 Å². The molecule has 114 valence electrons. The van der Waals surface area contributed by atoms with E-state index in [1.165, 1.54) is 0 Å². The van der Waals surface area contributed by atoms with Gasteiger partial charge in [-0.05, 0) is 35.4 Å². The lowest BCUT2D eigenvalue weighted by atomic mass is 9.85. The van der Waals surface area contributed by atoms with Gasteiger partial charge in [-0.1, -0.05) is 45.9 Å². The molecule has 0 aliphatic heterocycles. The molecule has 1 aromatic carbocycles. The first-order valence-electron chi connectivity index (χ1n) is 7.76. The van der Waals surface area contributed by atoms with Gasteiger partial charge in [-0.25, -0.2) is 4.98 Å². The third kappa shape index (κ3) is 3.73. The van der Waals surface area contributed by atoms with Crippen LogP contribution in [-0.2, 0) is 6.61 Å². The summed E-state index contributed by atoms with van der Waals surface area (Å²) in [5.74, 6) is 2.73. The Morgan fingerprint density at radius 2 is 1.76 bits per heavy atom. The first-order valence-corrected chi connectivity index (χ1v) is 7.76. The second-order valence-corrected chi connectivity index (χ2v) is 6.37. The van der Waals surface area contributed by atoms with Crippen LogP contribution in [0.3, 0.4) is 0 Å². The zero-order valence-electron chi connectivity index (χ0n) is 13.4. The summed E-state index contributed by atoms with van der Waals surface area (Å²) < 4.78 is 0. The van der Waals surface area contributed by atoms with Gasteiger partial charge in [-0.3, -0.25) is 0 Å². The molecule has 0 aliphatic rings. The van der Waals surface area contributed by atoms with Gasteiger partial charge in [0.1, 0.15) is 5.82 Å². The zero-order chi connectivity index (χ0) is 15.4. The van der Waals surface area contributed by atoms with Crippen LogP contribution >= 0.6 is 0 Å². The molecular formula is C18H26N2O. The quantitative estimate of drug-likeness (QED) is 0.841. The van der Waals surface area contributed by atoms with Crippen molar-refractivity contribution in [1.29, 1.82) is 0 Å². The number of pyridine rings is 1. The average Bonchev–Trinajstić information content (AvgIpc) is 2.45. The molecule has 2 rings (SSSR count). The van der Waals surface area contributed by atoms with Gasteiger partial charge in [0.2, 0.25) is 0 Å². The van der Waals surface area contributed by atoms with E-state index in [1.807, 2.05) is 30.3 Å². The van der Waals surface area contributed by atoms with Crippen molar-refractivity contribution in [2.45, 2.75) is 34.3 Å². The van der Waals surface area contributed by atoms with Crippen LogP contribution in [0.25, 0.3) is 10.9 Å². The van der Waals surface area contributed by atoms with Crippen molar-refractivity contribution in [3.63, 3.8) is 0 Å². The number of aliphatic hydroxyl groups excluding tert-OH is 1. The predicted octanol–water partition coefficient (Wildman–Crippen LogP) is 4.07. The molecule has 0 spiro atoms. The molecule has 3 heteroatoms. The number of hydrogen-bond donors (Lipinski definition) is 2. The van der Waals surface area contributed by atoms with Crippen LogP contribution < -0.4 is 5.32 Å². The molecule has 0 unspecified atom stereocenters. The van der Waals surface area contributed by atoms with E-state index in [2.05, 4.69) is 38.0 Å². The highest BCUT2D eigenvalue weighted by atomic mass is 16.3. The molecule has 1 heterocycles. The van der Waals surface area contributed by atoms with Crippen molar-refractivity contribution in [2.24, 2.45) is 17.8 Å². The summed E-state index contributed by atoms with van der Waals surface area (Å²) in [6.45, 7) is 10.00. The molecule has 0 saturated heterocycles. The van der Waals surface area contributed by atoms with Gasteiger partial charge in [0, 0.05) is 11.9 Å². The minimum atomic E-state index is 0.0372. The summed E-state index contributed by atoms with van der Waals surface area (Å²) in [6, 6.07) is 9.90. The van der Waals surface area contributed by atoms with Crippen LogP contribution in [0.15, 0.2) is 30.3 Å². The normalized spacial score (nSPS) is 11.8. The number of aromatic nitrogens is 1. The van der Waals surface area contributed by atoms with E-state index in [0.29, 0.717) is 17.8 Å². The number of fused-ring (bicyclic) bond motifs is 1. The van der Waals surface area contributed by atoms with Gasteiger partial charge in [-0.2, -0.15) is 0 Å². The number of rotatable bonds is 6. The number of nitrogens with zero attached hydrogens (tertiary/aromatic N) is 1. The Hall–Kier alpha value is -1.61. The van der Waals surface area contributed by atoms with Crippen LogP contribution in [-0.4, -0.2) is 16.6 Å². The zero-order valence-corrected chi connectivity index (χ0v) is 13.4. The highest BCUT2D eigenvalue weighted by molar-refractivity contribution is 5.83. The van der Waals surface area contributed by atoms with Crippen LogP contribution in [0.2, 0.25) is 0 Å². The summed E-state index contributed by atoms with van der Waals surface area (Å²) in [6.07, 6.45) is 0. The Balaban J connectivity index is 2.22. The van der Waals surface area contributed by atoms with Crippen molar-refractivity contribution in [3.05, 3.63) is 35.9 Å². The van der Waals surface area contributed by atoms with E-state index in [1.54, 1.807) is 0 Å². The van der Waals surface area contributed by atoms with E-state index < -0.39 is 0 Å². The first-order chi connectivity index (χ1) is 10.0. The standard InChI is InChI=1S/C18H26N2O/c1-12(2)16(13(3)4)10-19-18-9-14(11-21)15-7-5-6-8-17(15)20-18/h5-9,12-13,16,21H,10-11H2,1-4H3,(H,19,20). The molecule has 21 heavy (non-hydrogen) atoms. The fourth-order valence-corrected chi connectivity index (χ4v) is 2.93. The maximum atomic E-state index is 9.56. The minimum absolute atomic E-state index is 0.0372. The predicted molar refractivity (Wildman–Crippen MR) is 89.3 cm³/mol. The highest BCUT2D eigenvalue weighted by Gasteiger charge is 2.17. The Morgan fingerprint density at radius 1 is 1.10 bits per heavy atom. The summed E-state index contributed by atoms with van der Waals surface area (Å²) >= 11 is 0. The van der Waals surface area contributed by atoms with E-state index >= 15 is 0 Å². The van der Waals surface area contributed by atoms with Gasteiger partial charge in [0.05, 0.1) is 12.1 Å². The Morgan fingerprint density at radius 3 is 2.38 bits per heavy atom. The summed E-state index contributed by atoms with van der Waals surface area (Å²) in [7, 11) is 0. The van der Waals surface area contributed by atoms with E-state index in [0.717, 1.165) is 28.8 Å². The van der Waals surface area contributed by atoms with Gasteiger partial charge < -0.3 is 10.4 Å². The molecule has 1 aromatic heterocycles. The van der Waals surface area contributed by atoms with Gasteiger partial charge in [0.15, 0.2) is 0 Å². The molecular weight excluding hydrogens is 260 g/mol. The summed E-state index contributed by atoms with van der Waals surface area (Å²) in [5, 5.41) is 14.0. The molecule has 2 aromatic rings. The van der Waals surface area contributed by atoms with Crippen molar-refractivity contribution < 1.29 is 5.11 Å². The first kappa shape index (κ1) is 15.8. The topological polar surface area (TPSA) is 45.1 Å². The number of hydrogen-bond acceptors (Lipinski definition) is 3. The molecule has 0 bridgehead atoms. The Bertz CT molecular complexity index is 585. The molecule has 0 amide bonds.